The highest BCUT2D eigenvalue weighted by molar-refractivity contribution is 5.42. The topological polar surface area (TPSA) is 53.4 Å². The summed E-state index contributed by atoms with van der Waals surface area (Å²) in [4.78, 5) is 15.8. The first-order valence-corrected chi connectivity index (χ1v) is 6.20. The molecular weight excluding hydrogens is 301 g/mol. The molecule has 0 amide bonds. The largest absolute Gasteiger partial charge is 0.493 e. The second-order valence-corrected chi connectivity index (χ2v) is 4.37. The second-order valence-electron chi connectivity index (χ2n) is 4.37. The van der Waals surface area contributed by atoms with Gasteiger partial charge in [0.15, 0.2) is 11.5 Å². The predicted molar refractivity (Wildman–Crippen MR) is 72.1 cm³/mol. The summed E-state index contributed by atoms with van der Waals surface area (Å²) in [5, 5.41) is 0. The lowest BCUT2D eigenvalue weighted by Gasteiger charge is -2.14. The highest BCUT2D eigenvalue weighted by Gasteiger charge is 2.31. The molecule has 0 saturated heterocycles. The van der Waals surface area contributed by atoms with E-state index in [1.165, 1.54) is 20.4 Å². The number of alkyl halides is 3. The quantitative estimate of drug-likeness (QED) is 0.869. The minimum absolute atomic E-state index is 0.164. The molecule has 0 bridgehead atoms. The standard InChI is InChI=1S/C14H13F3N2O3/c1-21-11-5-6-18-10(13(11)22-2)8-19-7-9(14(15,16)17)3-4-12(19)20/h3-7H,8H2,1-2H3. The minimum atomic E-state index is -4.53. The normalized spacial score (nSPS) is 11.3. The monoisotopic (exact) mass is 314 g/mol. The van der Waals surface area contributed by atoms with E-state index in [0.29, 0.717) is 11.4 Å². The van der Waals surface area contributed by atoms with Crippen molar-refractivity contribution in [2.75, 3.05) is 14.2 Å². The zero-order chi connectivity index (χ0) is 16.3. The molecule has 0 aromatic carbocycles. The van der Waals surface area contributed by atoms with Crippen molar-refractivity contribution in [1.82, 2.24) is 9.55 Å². The van der Waals surface area contributed by atoms with E-state index in [2.05, 4.69) is 4.98 Å². The summed E-state index contributed by atoms with van der Waals surface area (Å²) in [6, 6.07) is 3.17. The average Bonchev–Trinajstić information content (AvgIpc) is 2.48. The fraction of sp³-hybridized carbons (Fsp3) is 0.286. The Kier molecular flexibility index (Phi) is 4.39. The highest BCUT2D eigenvalue weighted by Crippen LogP contribution is 2.30. The van der Waals surface area contributed by atoms with Gasteiger partial charge in [-0.25, -0.2) is 0 Å². The van der Waals surface area contributed by atoms with Gasteiger partial charge in [0.25, 0.3) is 5.56 Å². The highest BCUT2D eigenvalue weighted by atomic mass is 19.4. The van der Waals surface area contributed by atoms with Crippen molar-refractivity contribution in [3.8, 4) is 11.5 Å². The first kappa shape index (κ1) is 15.9. The van der Waals surface area contributed by atoms with Crippen LogP contribution < -0.4 is 15.0 Å². The van der Waals surface area contributed by atoms with Crippen LogP contribution >= 0.6 is 0 Å². The van der Waals surface area contributed by atoms with Crippen molar-refractivity contribution in [2.45, 2.75) is 12.7 Å². The molecule has 0 atom stereocenters. The van der Waals surface area contributed by atoms with Crippen LogP contribution in [0.25, 0.3) is 0 Å². The van der Waals surface area contributed by atoms with Crippen LogP contribution in [0.1, 0.15) is 11.3 Å². The molecule has 22 heavy (non-hydrogen) atoms. The van der Waals surface area contributed by atoms with Crippen LogP contribution in [0.3, 0.4) is 0 Å². The number of hydrogen-bond donors (Lipinski definition) is 0. The Hall–Kier alpha value is -2.51. The number of ether oxygens (including phenoxy) is 2. The number of pyridine rings is 2. The van der Waals surface area contributed by atoms with Crippen molar-refractivity contribution in [3.63, 3.8) is 0 Å². The van der Waals surface area contributed by atoms with Gasteiger partial charge in [0.1, 0.15) is 5.69 Å². The number of rotatable bonds is 4. The fourth-order valence-electron chi connectivity index (χ4n) is 1.95. The molecule has 0 radical (unpaired) electrons. The third kappa shape index (κ3) is 3.21. The molecule has 0 aliphatic rings. The summed E-state index contributed by atoms with van der Waals surface area (Å²) < 4.78 is 49.3. The Morgan fingerprint density at radius 2 is 1.91 bits per heavy atom. The van der Waals surface area contributed by atoms with Gasteiger partial charge in [-0.15, -0.1) is 0 Å². The SMILES string of the molecule is COc1ccnc(Cn2cc(C(F)(F)F)ccc2=O)c1OC. The summed E-state index contributed by atoms with van der Waals surface area (Å²) in [6.45, 7) is -0.164. The molecule has 118 valence electrons. The molecule has 0 N–H and O–H groups in total. The Balaban J connectivity index is 2.45. The van der Waals surface area contributed by atoms with Gasteiger partial charge >= 0.3 is 6.18 Å². The smallest absolute Gasteiger partial charge is 0.417 e. The van der Waals surface area contributed by atoms with Gasteiger partial charge in [0.2, 0.25) is 0 Å². The van der Waals surface area contributed by atoms with Gasteiger partial charge in [-0.3, -0.25) is 9.78 Å². The molecule has 2 aromatic rings. The van der Waals surface area contributed by atoms with Crippen molar-refractivity contribution >= 4 is 0 Å². The molecule has 0 aliphatic carbocycles. The van der Waals surface area contributed by atoms with Crippen molar-refractivity contribution in [3.05, 3.63) is 52.2 Å². The van der Waals surface area contributed by atoms with E-state index in [4.69, 9.17) is 9.47 Å². The van der Waals surface area contributed by atoms with Crippen LogP contribution in [0.4, 0.5) is 13.2 Å². The maximum Gasteiger partial charge on any atom is 0.417 e. The van der Waals surface area contributed by atoms with E-state index < -0.39 is 17.3 Å². The van der Waals surface area contributed by atoms with Crippen LogP contribution in [-0.2, 0) is 12.7 Å². The zero-order valence-corrected chi connectivity index (χ0v) is 11.8. The third-order valence-electron chi connectivity index (χ3n) is 3.00. The molecule has 0 fully saturated rings. The first-order chi connectivity index (χ1) is 10.4. The number of halogens is 3. The number of methoxy groups -OCH3 is 2. The zero-order valence-electron chi connectivity index (χ0n) is 11.8. The molecular formula is C14H13F3N2O3. The molecule has 0 spiro atoms. The summed E-state index contributed by atoms with van der Waals surface area (Å²) >= 11 is 0. The predicted octanol–water partition coefficient (Wildman–Crippen LogP) is 2.33. The molecule has 2 rings (SSSR count). The average molecular weight is 314 g/mol. The van der Waals surface area contributed by atoms with E-state index in [1.807, 2.05) is 0 Å². The fourth-order valence-corrected chi connectivity index (χ4v) is 1.95. The summed E-state index contributed by atoms with van der Waals surface area (Å²) in [6.07, 6.45) is -2.35. The summed E-state index contributed by atoms with van der Waals surface area (Å²) in [7, 11) is 2.82. The number of nitrogens with zero attached hydrogens (tertiary/aromatic N) is 2. The van der Waals surface area contributed by atoms with Crippen molar-refractivity contribution in [2.24, 2.45) is 0 Å². The first-order valence-electron chi connectivity index (χ1n) is 6.20. The van der Waals surface area contributed by atoms with Gasteiger partial charge in [0.05, 0.1) is 26.3 Å². The lowest BCUT2D eigenvalue weighted by Crippen LogP contribution is -2.22. The van der Waals surface area contributed by atoms with Gasteiger partial charge in [-0.1, -0.05) is 0 Å². The Morgan fingerprint density at radius 3 is 2.50 bits per heavy atom. The van der Waals surface area contributed by atoms with E-state index in [9.17, 15) is 18.0 Å². The van der Waals surface area contributed by atoms with E-state index in [0.717, 1.165) is 22.9 Å². The molecule has 0 aliphatic heterocycles. The Labute approximate surface area is 123 Å². The second kappa shape index (κ2) is 6.08. The molecule has 0 unspecified atom stereocenters. The van der Waals surface area contributed by atoms with Crippen molar-refractivity contribution < 1.29 is 22.6 Å². The van der Waals surface area contributed by atoms with Crippen molar-refractivity contribution in [1.29, 1.82) is 0 Å². The van der Waals surface area contributed by atoms with E-state index in [1.54, 1.807) is 6.07 Å². The lowest BCUT2D eigenvalue weighted by molar-refractivity contribution is -0.138. The van der Waals surface area contributed by atoms with Gasteiger partial charge in [0, 0.05) is 24.5 Å². The van der Waals surface area contributed by atoms with Crippen LogP contribution in [0.2, 0.25) is 0 Å². The van der Waals surface area contributed by atoms with Gasteiger partial charge in [-0.05, 0) is 6.07 Å². The summed E-state index contributed by atoms with van der Waals surface area (Å²) in [5.41, 5.74) is -1.18. The molecule has 2 aromatic heterocycles. The van der Waals surface area contributed by atoms with Crippen LogP contribution in [0.5, 0.6) is 11.5 Å². The van der Waals surface area contributed by atoms with Crippen LogP contribution in [-0.4, -0.2) is 23.8 Å². The van der Waals surface area contributed by atoms with Crippen LogP contribution in [0.15, 0.2) is 35.4 Å². The number of hydrogen-bond acceptors (Lipinski definition) is 4. The van der Waals surface area contributed by atoms with Gasteiger partial charge in [-0.2, -0.15) is 13.2 Å². The summed E-state index contributed by atoms with van der Waals surface area (Å²) in [5.74, 6) is 0.654. The van der Waals surface area contributed by atoms with E-state index >= 15 is 0 Å². The van der Waals surface area contributed by atoms with E-state index in [-0.39, 0.29) is 12.3 Å². The van der Waals surface area contributed by atoms with Gasteiger partial charge < -0.3 is 14.0 Å². The maximum atomic E-state index is 12.7. The van der Waals surface area contributed by atoms with Crippen LogP contribution in [0, 0.1) is 0 Å². The molecule has 0 saturated carbocycles. The minimum Gasteiger partial charge on any atom is -0.493 e. The molecule has 5 nitrogen and oxygen atoms in total. The lowest BCUT2D eigenvalue weighted by atomic mass is 10.2. The maximum absolute atomic E-state index is 12.7. The molecule has 2 heterocycles. The Bertz CT molecular complexity index is 726. The number of aromatic nitrogens is 2. The third-order valence-corrected chi connectivity index (χ3v) is 3.00. The Morgan fingerprint density at radius 1 is 1.18 bits per heavy atom. The molecule has 8 heteroatoms.